The molecule has 21 heavy (non-hydrogen) atoms. The van der Waals surface area contributed by atoms with Gasteiger partial charge >= 0.3 is 5.97 Å². The molecule has 3 N–H and O–H groups in total. The number of aromatic carboxylic acids is 1. The maximum Gasteiger partial charge on any atom is 0.335 e. The molecule has 0 fully saturated rings. The molecule has 0 atom stereocenters. The molecule has 0 bridgehead atoms. The Kier molecular flexibility index (Phi) is 7.56. The van der Waals surface area contributed by atoms with Crippen molar-refractivity contribution in [3.8, 4) is 0 Å². The Bertz CT molecular complexity index is 451. The summed E-state index contributed by atoms with van der Waals surface area (Å²) in [5.74, 6) is -0.974. The van der Waals surface area contributed by atoms with Crippen molar-refractivity contribution in [2.45, 2.75) is 13.3 Å². The highest BCUT2D eigenvalue weighted by Gasteiger charge is 2.11. The molecule has 0 saturated heterocycles. The van der Waals surface area contributed by atoms with E-state index in [0.717, 1.165) is 18.7 Å². The number of rotatable bonds is 10. The Morgan fingerprint density at radius 2 is 2.10 bits per heavy atom. The molecule has 0 heterocycles. The molecule has 0 radical (unpaired) electrons. The molecule has 118 valence electrons. The van der Waals surface area contributed by atoms with E-state index in [2.05, 4.69) is 4.90 Å². The second-order valence-electron chi connectivity index (χ2n) is 4.62. The molecule has 0 saturated carbocycles. The first-order valence-electron chi connectivity index (χ1n) is 7.04. The quantitative estimate of drug-likeness (QED) is 0.506. The SMILES string of the molecule is CCN(CCOCCCOC)c1ccc(C(=O)O)cc1N. The van der Waals surface area contributed by atoms with E-state index in [1.54, 1.807) is 19.2 Å². The van der Waals surface area contributed by atoms with Crippen molar-refractivity contribution in [1.29, 1.82) is 0 Å². The second kappa shape index (κ2) is 9.20. The van der Waals surface area contributed by atoms with E-state index >= 15 is 0 Å². The zero-order valence-electron chi connectivity index (χ0n) is 12.7. The summed E-state index contributed by atoms with van der Waals surface area (Å²) in [6, 6.07) is 4.79. The van der Waals surface area contributed by atoms with E-state index in [-0.39, 0.29) is 5.56 Å². The topological polar surface area (TPSA) is 85.0 Å². The van der Waals surface area contributed by atoms with Crippen LogP contribution < -0.4 is 10.6 Å². The molecular formula is C15H24N2O4. The molecule has 0 spiro atoms. The van der Waals surface area contributed by atoms with Crippen molar-refractivity contribution in [1.82, 2.24) is 0 Å². The summed E-state index contributed by atoms with van der Waals surface area (Å²) in [4.78, 5) is 13.0. The number of carbonyl (C=O) groups is 1. The van der Waals surface area contributed by atoms with Crippen LogP contribution in [0.25, 0.3) is 0 Å². The zero-order valence-corrected chi connectivity index (χ0v) is 12.7. The lowest BCUT2D eigenvalue weighted by Crippen LogP contribution is -2.28. The Morgan fingerprint density at radius 1 is 1.33 bits per heavy atom. The van der Waals surface area contributed by atoms with Crippen molar-refractivity contribution < 1.29 is 19.4 Å². The number of anilines is 2. The third kappa shape index (κ3) is 5.61. The average Bonchev–Trinajstić information content (AvgIpc) is 2.47. The summed E-state index contributed by atoms with van der Waals surface area (Å²) in [6.07, 6.45) is 0.873. The van der Waals surface area contributed by atoms with E-state index in [4.69, 9.17) is 20.3 Å². The minimum Gasteiger partial charge on any atom is -0.478 e. The van der Waals surface area contributed by atoms with Gasteiger partial charge < -0.3 is 25.2 Å². The van der Waals surface area contributed by atoms with Gasteiger partial charge in [0.05, 0.1) is 23.5 Å². The number of carboxylic acid groups (broad SMARTS) is 1. The van der Waals surface area contributed by atoms with Gasteiger partial charge in [-0.05, 0) is 31.5 Å². The van der Waals surface area contributed by atoms with Gasteiger partial charge in [-0.3, -0.25) is 0 Å². The van der Waals surface area contributed by atoms with Crippen LogP contribution in [-0.2, 0) is 9.47 Å². The summed E-state index contributed by atoms with van der Waals surface area (Å²) in [5.41, 5.74) is 7.45. The molecule has 6 heteroatoms. The fraction of sp³-hybridized carbons (Fsp3) is 0.533. The average molecular weight is 296 g/mol. The third-order valence-electron chi connectivity index (χ3n) is 3.14. The van der Waals surface area contributed by atoms with E-state index in [1.807, 2.05) is 6.92 Å². The summed E-state index contributed by atoms with van der Waals surface area (Å²) in [7, 11) is 1.67. The second-order valence-corrected chi connectivity index (χ2v) is 4.62. The smallest absolute Gasteiger partial charge is 0.335 e. The number of nitrogens with zero attached hydrogens (tertiary/aromatic N) is 1. The molecule has 1 rings (SSSR count). The van der Waals surface area contributed by atoms with Gasteiger partial charge in [-0.15, -0.1) is 0 Å². The van der Waals surface area contributed by atoms with Gasteiger partial charge in [-0.1, -0.05) is 0 Å². The van der Waals surface area contributed by atoms with E-state index in [1.165, 1.54) is 6.07 Å². The first-order chi connectivity index (χ1) is 10.1. The van der Waals surface area contributed by atoms with Crippen molar-refractivity contribution in [3.05, 3.63) is 23.8 Å². The summed E-state index contributed by atoms with van der Waals surface area (Å²) in [5, 5.41) is 8.94. The van der Waals surface area contributed by atoms with Crippen LogP contribution in [-0.4, -0.2) is 51.1 Å². The van der Waals surface area contributed by atoms with Gasteiger partial charge in [0.15, 0.2) is 0 Å². The predicted octanol–water partition coefficient (Wildman–Crippen LogP) is 1.85. The minimum atomic E-state index is -0.974. The number of carboxylic acids is 1. The van der Waals surface area contributed by atoms with E-state index in [0.29, 0.717) is 32.1 Å². The highest BCUT2D eigenvalue weighted by atomic mass is 16.5. The molecule has 6 nitrogen and oxygen atoms in total. The Labute approximate surface area is 125 Å². The molecule has 0 unspecified atom stereocenters. The lowest BCUT2D eigenvalue weighted by Gasteiger charge is -2.24. The van der Waals surface area contributed by atoms with Crippen molar-refractivity contribution in [2.24, 2.45) is 0 Å². The number of likely N-dealkylation sites (N-methyl/N-ethyl adjacent to an activating group) is 1. The molecular weight excluding hydrogens is 272 g/mol. The summed E-state index contributed by atoms with van der Waals surface area (Å²) >= 11 is 0. The number of hydrogen-bond donors (Lipinski definition) is 2. The number of nitrogen functional groups attached to an aromatic ring is 1. The first-order valence-corrected chi connectivity index (χ1v) is 7.04. The Morgan fingerprint density at radius 3 is 2.67 bits per heavy atom. The minimum absolute atomic E-state index is 0.197. The van der Waals surface area contributed by atoms with Gasteiger partial charge in [-0.25, -0.2) is 4.79 Å². The molecule has 1 aromatic carbocycles. The van der Waals surface area contributed by atoms with Gasteiger partial charge in [0.25, 0.3) is 0 Å². The molecule has 0 aliphatic rings. The van der Waals surface area contributed by atoms with Crippen molar-refractivity contribution in [3.63, 3.8) is 0 Å². The predicted molar refractivity (Wildman–Crippen MR) is 83.0 cm³/mol. The summed E-state index contributed by atoms with van der Waals surface area (Å²) in [6.45, 7) is 5.46. The number of nitrogens with two attached hydrogens (primary N) is 1. The highest BCUT2D eigenvalue weighted by Crippen LogP contribution is 2.24. The normalized spacial score (nSPS) is 10.6. The Hall–Kier alpha value is -1.79. The van der Waals surface area contributed by atoms with Crippen LogP contribution in [0.3, 0.4) is 0 Å². The first kappa shape index (κ1) is 17.3. The molecule has 0 aliphatic heterocycles. The van der Waals surface area contributed by atoms with Crippen LogP contribution >= 0.6 is 0 Å². The highest BCUT2D eigenvalue weighted by molar-refractivity contribution is 5.90. The van der Waals surface area contributed by atoms with Gasteiger partial charge in [0.2, 0.25) is 0 Å². The lowest BCUT2D eigenvalue weighted by atomic mass is 10.1. The van der Waals surface area contributed by atoms with Crippen molar-refractivity contribution in [2.75, 3.05) is 50.7 Å². The van der Waals surface area contributed by atoms with Crippen LogP contribution in [0.2, 0.25) is 0 Å². The standard InChI is InChI=1S/C15H24N2O4/c1-3-17(7-10-21-9-4-8-20-2)14-6-5-12(15(18)19)11-13(14)16/h5-6,11H,3-4,7-10,16H2,1-2H3,(H,18,19). The zero-order chi connectivity index (χ0) is 15.7. The van der Waals surface area contributed by atoms with Crippen LogP contribution in [0.15, 0.2) is 18.2 Å². The molecule has 0 amide bonds. The molecule has 0 aromatic heterocycles. The largest absolute Gasteiger partial charge is 0.478 e. The fourth-order valence-corrected chi connectivity index (χ4v) is 2.01. The number of ether oxygens (including phenoxy) is 2. The lowest BCUT2D eigenvalue weighted by molar-refractivity contribution is 0.0697. The van der Waals surface area contributed by atoms with Crippen LogP contribution in [0, 0.1) is 0 Å². The van der Waals surface area contributed by atoms with Gasteiger partial charge in [0, 0.05) is 33.4 Å². The fourth-order valence-electron chi connectivity index (χ4n) is 2.01. The van der Waals surface area contributed by atoms with Crippen LogP contribution in [0.5, 0.6) is 0 Å². The number of hydrogen-bond acceptors (Lipinski definition) is 5. The Balaban J connectivity index is 2.54. The van der Waals surface area contributed by atoms with E-state index in [9.17, 15) is 4.79 Å². The maximum absolute atomic E-state index is 10.9. The van der Waals surface area contributed by atoms with Crippen molar-refractivity contribution >= 4 is 17.3 Å². The summed E-state index contributed by atoms with van der Waals surface area (Å²) < 4.78 is 10.5. The maximum atomic E-state index is 10.9. The van der Waals surface area contributed by atoms with Crippen LogP contribution in [0.1, 0.15) is 23.7 Å². The van der Waals surface area contributed by atoms with E-state index < -0.39 is 5.97 Å². The monoisotopic (exact) mass is 296 g/mol. The third-order valence-corrected chi connectivity index (χ3v) is 3.14. The number of methoxy groups -OCH3 is 1. The molecule has 0 aliphatic carbocycles. The molecule has 1 aromatic rings. The number of benzene rings is 1. The van der Waals surface area contributed by atoms with Gasteiger partial charge in [-0.2, -0.15) is 0 Å². The van der Waals surface area contributed by atoms with Crippen LogP contribution in [0.4, 0.5) is 11.4 Å². The van der Waals surface area contributed by atoms with Gasteiger partial charge in [0.1, 0.15) is 0 Å².